The average molecular weight is 1710 g/mol. The van der Waals surface area contributed by atoms with Gasteiger partial charge in [-0.2, -0.15) is 0 Å². The first kappa shape index (κ1) is 96.6. The Labute approximate surface area is 742 Å². The molecule has 16 nitrogen and oxygen atoms in total. The summed E-state index contributed by atoms with van der Waals surface area (Å²) in [5.41, 5.74) is 13.7. The summed E-state index contributed by atoms with van der Waals surface area (Å²) < 4.78 is 92.5. The van der Waals surface area contributed by atoms with E-state index in [2.05, 4.69) is 205 Å². The Kier molecular flexibility index (Phi) is 36.8. The zero-order valence-corrected chi connectivity index (χ0v) is 77.7. The average Bonchev–Trinajstić information content (AvgIpc) is 1.65. The van der Waals surface area contributed by atoms with Crippen LogP contribution in [-0.2, 0) is 6.42 Å². The Bertz CT molecular complexity index is 5120. The first-order chi connectivity index (χ1) is 60.2. The van der Waals surface area contributed by atoms with Crippen LogP contribution < -0.4 is 56.8 Å². The van der Waals surface area contributed by atoms with Gasteiger partial charge in [-0.25, -0.2) is 8.78 Å². The van der Waals surface area contributed by atoms with Gasteiger partial charge in [-0.15, -0.1) is 0 Å². The second-order valence-corrected chi connectivity index (χ2v) is 35.3. The van der Waals surface area contributed by atoms with Crippen molar-refractivity contribution in [1.29, 1.82) is 0 Å². The summed E-state index contributed by atoms with van der Waals surface area (Å²) in [5, 5.41) is 11.9. The third-order valence-corrected chi connectivity index (χ3v) is 21.9. The molecule has 11 aromatic rings. The van der Waals surface area contributed by atoms with Gasteiger partial charge in [0.25, 0.3) is 0 Å². The number of aliphatic hydroxyl groups is 1. The summed E-state index contributed by atoms with van der Waals surface area (Å²) in [7, 11) is 6.58. The smallest absolute Gasteiger partial charge is 0.164 e. The summed E-state index contributed by atoms with van der Waals surface area (Å²) >= 11 is 0. The Morgan fingerprint density at radius 3 is 1.05 bits per heavy atom. The van der Waals surface area contributed by atoms with E-state index in [0.717, 1.165) is 98.6 Å². The van der Waals surface area contributed by atoms with Crippen LogP contribution in [0.4, 0.5) is 8.78 Å². The Balaban J connectivity index is 0.000000149. The molecule has 0 saturated heterocycles. The van der Waals surface area contributed by atoms with Crippen molar-refractivity contribution in [2.24, 2.45) is 0 Å². The van der Waals surface area contributed by atoms with Crippen LogP contribution in [0.15, 0.2) is 176 Å². The van der Waals surface area contributed by atoms with E-state index in [9.17, 15) is 8.78 Å². The van der Waals surface area contributed by atoms with Gasteiger partial charge in [0.05, 0.1) is 72.2 Å². The van der Waals surface area contributed by atoms with Crippen molar-refractivity contribution in [2.75, 3.05) is 61.5 Å². The molecule has 5 saturated carbocycles. The molecule has 0 atom stereocenters. The van der Waals surface area contributed by atoms with E-state index in [-0.39, 0.29) is 25.6 Å². The minimum absolute atomic E-state index is 0.00901. The quantitative estimate of drug-likeness (QED) is 0.0491. The minimum atomic E-state index is -0.491. The van der Waals surface area contributed by atoms with Gasteiger partial charge in [-0.1, -0.05) is 159 Å². The lowest BCUT2D eigenvalue weighted by atomic mass is 9.96. The molecule has 125 heavy (non-hydrogen) atoms. The maximum absolute atomic E-state index is 13.5. The van der Waals surface area contributed by atoms with Gasteiger partial charge in [0.1, 0.15) is 53.8 Å². The van der Waals surface area contributed by atoms with E-state index >= 15 is 0 Å². The number of pyridine rings is 3. The van der Waals surface area contributed by atoms with E-state index < -0.39 is 6.67 Å². The molecule has 6 aliphatic rings. The van der Waals surface area contributed by atoms with Crippen LogP contribution in [0.2, 0.25) is 0 Å². The lowest BCUT2D eigenvalue weighted by Crippen LogP contribution is -2.11. The van der Waals surface area contributed by atoms with Crippen LogP contribution in [0.3, 0.4) is 0 Å². The molecule has 17 rings (SSSR count). The van der Waals surface area contributed by atoms with Crippen LogP contribution in [0.5, 0.6) is 69.0 Å². The molecule has 0 unspecified atom stereocenters. The number of fused-ring (bicyclic) bond motifs is 4. The van der Waals surface area contributed by atoms with Crippen molar-refractivity contribution >= 4 is 32.7 Å². The number of aryl methyl sites for hydroxylation is 1. The lowest BCUT2D eigenvalue weighted by molar-refractivity contribution is 0.196. The molecule has 4 heterocycles. The standard InChI is InChI=1S/C15H17NO.2C15H20O2.C13H15NO.C13H18O2.C12H12FN.C12H17FO2.C12H18O3/c1-10(2)12-8-11-4-3-7-16-15(11)14(9-12)17-13-5-6-13;1-10(2)11-3-8-14(16-12-4-5-12)15(9-11)17-13-6-7-13;1-10(2)12-8-11-4-3-7-16-15(11)14(9-12)17-13-5-6-13;1-9(2)11-7-10-5-4-6-14-13(10)12(8-11)15-3;1-9(2)10-4-7-12(13(8-10)14-3)15-11-5-6-11;1-8(2)10-6-9-4-3-5-14-12(9)11(13)7-10;2*1-9(2)10-4-5-11(15-7-6-13)12(8-10)14-3/h3-4,7-10,13H,5-6H2,1-2H3;3,8-10,12-13H,4-7H2,1-2H3;8-10,13H,3-7H2,1-2H3;4-9H,1-3H3;4,7-9,11H,5-6H2,1-3H3;3-8H,1-2H3;4-5,8-9H,6-7H2,1-3H3;4-5,8-9,13H,6-7H2,1-3H3. The number of methoxy groups -OCH3 is 4. The molecule has 18 heteroatoms. The van der Waals surface area contributed by atoms with Gasteiger partial charge in [0, 0.05) is 34.7 Å². The normalized spacial score (nSPS) is 14.2. The molecule has 3 aromatic heterocycles. The highest BCUT2D eigenvalue weighted by Gasteiger charge is 2.31. The van der Waals surface area contributed by atoms with Gasteiger partial charge in [-0.3, -0.25) is 15.0 Å². The van der Waals surface area contributed by atoms with Crippen molar-refractivity contribution in [1.82, 2.24) is 15.0 Å². The molecule has 5 fully saturated rings. The van der Waals surface area contributed by atoms with Crippen LogP contribution in [0.25, 0.3) is 32.7 Å². The minimum Gasteiger partial charge on any atom is -0.494 e. The van der Waals surface area contributed by atoms with Crippen LogP contribution in [0, 0.1) is 5.82 Å². The van der Waals surface area contributed by atoms with Crippen molar-refractivity contribution in [3.63, 3.8) is 0 Å². The van der Waals surface area contributed by atoms with E-state index in [0.29, 0.717) is 101 Å². The van der Waals surface area contributed by atoms with Crippen molar-refractivity contribution in [3.8, 4) is 69.0 Å². The van der Waals surface area contributed by atoms with Gasteiger partial charge in [0.15, 0.2) is 57.5 Å². The van der Waals surface area contributed by atoms with E-state index in [1.165, 1.54) is 114 Å². The highest BCUT2D eigenvalue weighted by Crippen LogP contribution is 2.44. The third kappa shape index (κ3) is 30.1. The fourth-order valence-corrected chi connectivity index (χ4v) is 13.3. The monoisotopic (exact) mass is 1710 g/mol. The van der Waals surface area contributed by atoms with Gasteiger partial charge in [-0.05, 0) is 284 Å². The van der Waals surface area contributed by atoms with Gasteiger partial charge < -0.3 is 61.9 Å². The summed E-state index contributed by atoms with van der Waals surface area (Å²) in [4.78, 5) is 12.8. The van der Waals surface area contributed by atoms with Crippen LogP contribution in [0.1, 0.15) is 279 Å². The van der Waals surface area contributed by atoms with Gasteiger partial charge in [0.2, 0.25) is 0 Å². The molecule has 672 valence electrons. The van der Waals surface area contributed by atoms with E-state index in [1.54, 1.807) is 46.9 Å². The number of aliphatic hydroxyl groups excluding tert-OH is 1. The predicted octanol–water partition coefficient (Wildman–Crippen LogP) is 27.0. The molecule has 0 bridgehead atoms. The summed E-state index contributed by atoms with van der Waals surface area (Å²) in [6, 6.07) is 52.6. The zero-order valence-electron chi connectivity index (χ0n) is 77.7. The second-order valence-electron chi connectivity index (χ2n) is 35.3. The summed E-state index contributed by atoms with van der Waals surface area (Å²) in [6.45, 7) is 35.3. The van der Waals surface area contributed by atoms with Crippen LogP contribution >= 0.6 is 0 Å². The topological polar surface area (TPSA) is 170 Å². The number of hydrogen-bond acceptors (Lipinski definition) is 16. The lowest BCUT2D eigenvalue weighted by Gasteiger charge is -2.22. The molecule has 0 spiro atoms. The van der Waals surface area contributed by atoms with Crippen molar-refractivity contribution in [3.05, 3.63) is 232 Å². The third-order valence-electron chi connectivity index (χ3n) is 21.9. The molecular formula is C107H137F2N3O13. The Morgan fingerprint density at radius 2 is 0.648 bits per heavy atom. The summed E-state index contributed by atoms with van der Waals surface area (Å²) in [6.07, 6.45) is 21.5. The van der Waals surface area contributed by atoms with Gasteiger partial charge >= 0.3 is 0 Å². The first-order valence-corrected chi connectivity index (χ1v) is 45.3. The zero-order chi connectivity index (χ0) is 89.8. The molecule has 0 amide bonds. The van der Waals surface area contributed by atoms with Crippen LogP contribution in [-0.4, -0.2) is 112 Å². The number of benzene rings is 8. The molecule has 5 aliphatic carbocycles. The SMILES string of the molecule is CC(C)c1cc(F)c2ncccc2c1.CC(C)c1cc(OC2CC2)c2ncccc2c1.CC(C)c1cc2c(c(OC3CC3)c1)OCCC2.CC(C)c1ccc(OC2CC2)c(OC2CC2)c1.COc1cc(C(C)C)cc2cccnc12.COc1cc(C(C)C)ccc1OC1CC1.COc1cc(C(C)C)ccc1OCCF.COc1cc(C(C)C)ccc1OCCO. The maximum Gasteiger partial charge on any atom is 0.164 e. The Morgan fingerprint density at radius 1 is 0.336 bits per heavy atom. The predicted molar refractivity (Wildman–Crippen MR) is 502 cm³/mol. The number of nitrogens with zero attached hydrogens (tertiary/aromatic N) is 3. The molecular weight excluding hydrogens is 1570 g/mol. The largest absolute Gasteiger partial charge is 0.494 e. The molecule has 8 aromatic carbocycles. The highest BCUT2D eigenvalue weighted by molar-refractivity contribution is 5.86. The molecule has 1 aliphatic heterocycles. The number of halogens is 2. The maximum atomic E-state index is 13.5. The number of alkyl halides is 1. The van der Waals surface area contributed by atoms with Crippen molar-refractivity contribution < 1.29 is 70.7 Å². The second kappa shape index (κ2) is 47.7. The molecule has 0 radical (unpaired) electrons. The van der Waals surface area contributed by atoms with E-state index in [4.69, 9.17) is 61.9 Å². The number of ether oxygens (including phenoxy) is 12. The first-order valence-electron chi connectivity index (χ1n) is 45.3. The fourth-order valence-electron chi connectivity index (χ4n) is 13.3. The van der Waals surface area contributed by atoms with E-state index in [1.807, 2.05) is 79.0 Å². The van der Waals surface area contributed by atoms with Crippen molar-refractivity contribution in [2.45, 2.75) is 266 Å². The number of aromatic nitrogens is 3. The Hall–Kier alpha value is -10.6. The highest BCUT2D eigenvalue weighted by atomic mass is 19.1. The fraction of sp³-hybridized carbons (Fsp3) is 0.467. The molecule has 1 N–H and O–H groups in total. The number of hydrogen-bond donors (Lipinski definition) is 1. The summed E-state index contributed by atoms with van der Waals surface area (Å²) in [5.74, 6) is 13.7. The number of rotatable bonds is 28.